The summed E-state index contributed by atoms with van der Waals surface area (Å²) in [6.07, 6.45) is 8.78. The molecule has 11 heteroatoms. The molecule has 4 N–H and O–H groups in total. The number of carbonyl (C=O) groups excluding carboxylic acids is 1. The summed E-state index contributed by atoms with van der Waals surface area (Å²) in [6, 6.07) is 21.0. The molecule has 7 rings (SSSR count). The van der Waals surface area contributed by atoms with Crippen LogP contribution in [0.25, 0.3) is 22.3 Å². The van der Waals surface area contributed by atoms with E-state index in [2.05, 4.69) is 10.6 Å². The topological polar surface area (TPSA) is 135 Å². The first-order chi connectivity index (χ1) is 25.8. The van der Waals surface area contributed by atoms with Crippen LogP contribution in [0.15, 0.2) is 96.2 Å². The minimum absolute atomic E-state index is 0.0957. The van der Waals surface area contributed by atoms with E-state index in [9.17, 15) is 9.59 Å². The minimum Gasteiger partial charge on any atom is -0.493 e. The zero-order valence-electron chi connectivity index (χ0n) is 30.1. The number of methoxy groups -OCH3 is 1. The monoisotopic (exact) mass is 718 g/mol. The Morgan fingerprint density at radius 3 is 2.42 bits per heavy atom. The Balaban J connectivity index is 1.08. The largest absolute Gasteiger partial charge is 0.493 e. The van der Waals surface area contributed by atoms with E-state index in [1.807, 2.05) is 96.7 Å². The molecule has 0 saturated carbocycles. The van der Waals surface area contributed by atoms with Crippen LogP contribution in [0.2, 0.25) is 0 Å². The van der Waals surface area contributed by atoms with Crippen LogP contribution in [-0.4, -0.2) is 69.5 Å². The molecule has 3 aliphatic rings. The van der Waals surface area contributed by atoms with Crippen molar-refractivity contribution in [3.8, 4) is 22.6 Å². The molecule has 1 unspecified atom stereocenters. The summed E-state index contributed by atoms with van der Waals surface area (Å²) >= 11 is 0. The Bertz CT molecular complexity index is 2030. The zero-order valence-corrected chi connectivity index (χ0v) is 30.1. The van der Waals surface area contributed by atoms with E-state index < -0.39 is 12.1 Å². The molecule has 0 bridgehead atoms. The molecule has 2 fully saturated rings. The van der Waals surface area contributed by atoms with E-state index in [1.54, 1.807) is 13.3 Å². The van der Waals surface area contributed by atoms with Crippen LogP contribution in [-0.2, 0) is 20.8 Å². The molecule has 4 aromatic rings. The van der Waals surface area contributed by atoms with Crippen LogP contribution >= 0.6 is 0 Å². The molecule has 53 heavy (non-hydrogen) atoms. The highest BCUT2D eigenvalue weighted by Crippen LogP contribution is 2.34. The van der Waals surface area contributed by atoms with E-state index >= 15 is 0 Å². The molecule has 3 aliphatic heterocycles. The number of nitrogens with zero attached hydrogens (tertiary/aromatic N) is 1. The van der Waals surface area contributed by atoms with Gasteiger partial charge in [0, 0.05) is 49.6 Å². The van der Waals surface area contributed by atoms with Gasteiger partial charge in [0.05, 0.1) is 26.9 Å². The van der Waals surface area contributed by atoms with E-state index in [-0.39, 0.29) is 17.1 Å². The third-order valence-electron chi connectivity index (χ3n) is 9.84. The summed E-state index contributed by atoms with van der Waals surface area (Å²) in [7, 11) is 1.61. The number of hydrogen-bond donors (Lipinski definition) is 3. The second-order valence-electron chi connectivity index (χ2n) is 13.7. The smallest absolute Gasteiger partial charge is 0.261 e. The average Bonchev–Trinajstić information content (AvgIpc) is 3.19. The lowest BCUT2D eigenvalue weighted by molar-refractivity contribution is -0.101. The zero-order chi connectivity index (χ0) is 36.7. The van der Waals surface area contributed by atoms with Crippen molar-refractivity contribution < 1.29 is 28.5 Å². The molecule has 0 aliphatic carbocycles. The van der Waals surface area contributed by atoms with Gasteiger partial charge in [0.2, 0.25) is 5.43 Å². The van der Waals surface area contributed by atoms with Crippen molar-refractivity contribution in [3.63, 3.8) is 0 Å². The quantitative estimate of drug-likeness (QED) is 0.181. The molecule has 2 saturated heterocycles. The number of pyridine rings is 1. The average molecular weight is 719 g/mol. The van der Waals surface area contributed by atoms with Crippen LogP contribution in [0.3, 0.4) is 0 Å². The number of ether oxygens (including phenoxy) is 5. The van der Waals surface area contributed by atoms with Crippen molar-refractivity contribution >= 4 is 22.7 Å². The second-order valence-corrected chi connectivity index (χ2v) is 13.7. The molecule has 0 spiro atoms. The van der Waals surface area contributed by atoms with Crippen molar-refractivity contribution in [1.29, 1.82) is 0 Å². The Morgan fingerprint density at radius 1 is 0.925 bits per heavy atom. The first-order valence-corrected chi connectivity index (χ1v) is 18.1. The first kappa shape index (κ1) is 36.2. The van der Waals surface area contributed by atoms with Crippen LogP contribution < -0.4 is 31.3 Å². The Morgan fingerprint density at radius 2 is 1.68 bits per heavy atom. The highest BCUT2D eigenvalue weighted by Gasteiger charge is 2.22. The van der Waals surface area contributed by atoms with Gasteiger partial charge in [0.25, 0.3) is 5.91 Å². The van der Waals surface area contributed by atoms with Crippen molar-refractivity contribution in [2.75, 3.05) is 52.1 Å². The van der Waals surface area contributed by atoms with Gasteiger partial charge >= 0.3 is 0 Å². The van der Waals surface area contributed by atoms with E-state index in [0.717, 1.165) is 59.5 Å². The second kappa shape index (κ2) is 16.6. The van der Waals surface area contributed by atoms with Gasteiger partial charge in [0.1, 0.15) is 24.4 Å². The predicted molar refractivity (Wildman–Crippen MR) is 205 cm³/mol. The third kappa shape index (κ3) is 8.72. The third-order valence-corrected chi connectivity index (χ3v) is 9.84. The van der Waals surface area contributed by atoms with Crippen molar-refractivity contribution in [3.05, 3.63) is 124 Å². The number of anilines is 1. The molecule has 4 heterocycles. The summed E-state index contributed by atoms with van der Waals surface area (Å²) in [4.78, 5) is 27.5. The van der Waals surface area contributed by atoms with Gasteiger partial charge < -0.3 is 44.6 Å². The van der Waals surface area contributed by atoms with Gasteiger partial charge in [-0.15, -0.1) is 0 Å². The summed E-state index contributed by atoms with van der Waals surface area (Å²) in [5.41, 5.74) is 12.8. The van der Waals surface area contributed by atoms with Gasteiger partial charge in [-0.25, -0.2) is 0 Å². The van der Waals surface area contributed by atoms with E-state index in [0.29, 0.717) is 61.6 Å². The van der Waals surface area contributed by atoms with Crippen molar-refractivity contribution in [2.45, 2.75) is 38.6 Å². The predicted octanol–water partition coefficient (Wildman–Crippen LogP) is 5.62. The highest BCUT2D eigenvalue weighted by molar-refractivity contribution is 6.04. The molecule has 2 atom stereocenters. The first-order valence-electron chi connectivity index (χ1n) is 18.1. The molecule has 3 aromatic carbocycles. The fourth-order valence-electron chi connectivity index (χ4n) is 6.79. The van der Waals surface area contributed by atoms with Gasteiger partial charge in [0.15, 0.2) is 11.5 Å². The Hall–Kier alpha value is -5.20. The molecule has 276 valence electrons. The number of amides is 1. The van der Waals surface area contributed by atoms with Crippen LogP contribution in [0, 0.1) is 12.8 Å². The van der Waals surface area contributed by atoms with E-state index in [1.165, 1.54) is 0 Å². The lowest BCUT2D eigenvalue weighted by Gasteiger charge is -2.24. The number of nitrogens with one attached hydrogen (secondary N) is 2. The number of aryl methyl sites for hydroxylation is 1. The standard InChI is InChI=1S/C42H46N4O7/c1-27-3-5-30(6-4-27)36-23-46(22-28-13-15-50-16-14-28)24-37(40(36)47)42(48)45-33-10-7-29(8-11-33)35-19-32(21-44-41(35)43)31-9-12-38(39(20-31)49-2)53-26-34-25-51-17-18-52-34/h3-12,19-21,23-24,28,34,41,44H,13-18,22,25-26,43H2,1-2H3,(H,45,48)/t34-,41?/m0/s1. The number of carbonyl (C=O) groups is 1. The van der Waals surface area contributed by atoms with Gasteiger partial charge in [-0.1, -0.05) is 48.0 Å². The maximum Gasteiger partial charge on any atom is 0.261 e. The van der Waals surface area contributed by atoms with Gasteiger partial charge in [-0.3, -0.25) is 9.59 Å². The minimum atomic E-state index is -0.459. The SMILES string of the molecule is COc1cc(C2=CNC(N)C(c3ccc(NC(=O)c4cn(CC5CCOCC5)cc(-c5ccc(C)cc5)c4=O)cc3)=C2)ccc1OC[C@@H]1COCCO1. The maximum atomic E-state index is 13.8. The van der Waals surface area contributed by atoms with Crippen molar-refractivity contribution in [1.82, 2.24) is 9.88 Å². The Kier molecular flexibility index (Phi) is 11.4. The molecule has 11 nitrogen and oxygen atoms in total. The molecule has 0 radical (unpaired) electrons. The summed E-state index contributed by atoms with van der Waals surface area (Å²) in [5, 5.41) is 6.21. The lowest BCUT2D eigenvalue weighted by atomic mass is 9.95. The summed E-state index contributed by atoms with van der Waals surface area (Å²) < 4.78 is 30.4. The van der Waals surface area contributed by atoms with Gasteiger partial charge in [-0.2, -0.15) is 0 Å². The summed E-state index contributed by atoms with van der Waals surface area (Å²) in [5.74, 6) is 1.17. The summed E-state index contributed by atoms with van der Waals surface area (Å²) in [6.45, 7) is 6.17. The number of hydrogen-bond acceptors (Lipinski definition) is 9. The van der Waals surface area contributed by atoms with Crippen molar-refractivity contribution in [2.24, 2.45) is 11.7 Å². The molecular weight excluding hydrogens is 672 g/mol. The van der Waals surface area contributed by atoms with E-state index in [4.69, 9.17) is 29.4 Å². The number of aromatic nitrogens is 1. The fraction of sp³-hybridized carbons (Fsp3) is 0.333. The fourth-order valence-corrected chi connectivity index (χ4v) is 6.79. The molecule has 1 aromatic heterocycles. The lowest BCUT2D eigenvalue weighted by Crippen LogP contribution is -2.36. The molecule has 1 amide bonds. The number of benzene rings is 3. The van der Waals surface area contributed by atoms with Crippen LogP contribution in [0.5, 0.6) is 11.5 Å². The molecular formula is C42H46N4O7. The van der Waals surface area contributed by atoms with Crippen LogP contribution in [0.4, 0.5) is 5.69 Å². The number of allylic oxidation sites excluding steroid dienone is 2. The number of dihydropyridines is 1. The normalized spacial score (nSPS) is 19.1. The number of rotatable bonds is 11. The maximum absolute atomic E-state index is 13.8. The Labute approximate surface area is 309 Å². The number of nitrogens with two attached hydrogens (primary N) is 1. The van der Waals surface area contributed by atoms with Crippen LogP contribution in [0.1, 0.15) is 39.9 Å². The van der Waals surface area contributed by atoms with Gasteiger partial charge in [-0.05, 0) is 83.9 Å². The highest BCUT2D eigenvalue weighted by atomic mass is 16.6.